The van der Waals surface area contributed by atoms with Gasteiger partial charge in [0.25, 0.3) is 11.8 Å². The molecule has 0 spiro atoms. The number of piperazine rings is 1. The Hall–Kier alpha value is -4.52. The summed E-state index contributed by atoms with van der Waals surface area (Å²) in [6, 6.07) is 14.6. The molecule has 1 aromatic heterocycles. The van der Waals surface area contributed by atoms with Crippen LogP contribution in [-0.2, 0) is 11.0 Å². The predicted molar refractivity (Wildman–Crippen MR) is 170 cm³/mol. The monoisotopic (exact) mass is 649 g/mol. The summed E-state index contributed by atoms with van der Waals surface area (Å²) in [5, 5.41) is 8.55. The van der Waals surface area contributed by atoms with Crippen LogP contribution in [0.15, 0.2) is 60.8 Å². The lowest BCUT2D eigenvalue weighted by Gasteiger charge is -2.38. The molecule has 6 rings (SSSR count). The van der Waals surface area contributed by atoms with Crippen LogP contribution in [0.5, 0.6) is 0 Å². The molecule has 10 nitrogen and oxygen atoms in total. The van der Waals surface area contributed by atoms with Crippen molar-refractivity contribution in [3.63, 3.8) is 0 Å². The van der Waals surface area contributed by atoms with E-state index in [1.54, 1.807) is 59.5 Å². The fourth-order valence-corrected chi connectivity index (χ4v) is 6.71. The second kappa shape index (κ2) is 13.3. The molecule has 2 atom stereocenters. The number of amides is 3. The molecule has 3 aromatic rings. The average molecular weight is 650 g/mol. The number of imide groups is 1. The van der Waals surface area contributed by atoms with Gasteiger partial charge in [-0.1, -0.05) is 31.0 Å². The van der Waals surface area contributed by atoms with Gasteiger partial charge in [-0.05, 0) is 75.0 Å². The van der Waals surface area contributed by atoms with E-state index in [0.717, 1.165) is 32.1 Å². The second-order valence-electron chi connectivity index (χ2n) is 12.7. The fraction of sp³-hybridized carbons (Fsp3) is 0.441. The van der Waals surface area contributed by atoms with Gasteiger partial charge >= 0.3 is 6.18 Å². The lowest BCUT2D eigenvalue weighted by molar-refractivity contribution is -0.137. The van der Waals surface area contributed by atoms with Crippen molar-refractivity contribution in [1.29, 1.82) is 0 Å². The Morgan fingerprint density at radius 3 is 2.23 bits per heavy atom. The maximum Gasteiger partial charge on any atom is 0.421 e. The van der Waals surface area contributed by atoms with Crippen LogP contribution in [0.25, 0.3) is 0 Å². The normalized spacial score (nSPS) is 21.1. The smallest absolute Gasteiger partial charge is 0.366 e. The number of aromatic nitrogens is 2. The number of carbonyl (C=O) groups is 3. The molecule has 2 aromatic carbocycles. The van der Waals surface area contributed by atoms with Crippen molar-refractivity contribution in [2.75, 3.05) is 43.9 Å². The Balaban J connectivity index is 1.18. The largest absolute Gasteiger partial charge is 0.421 e. The Morgan fingerprint density at radius 1 is 0.894 bits per heavy atom. The van der Waals surface area contributed by atoms with Crippen LogP contribution >= 0.6 is 0 Å². The second-order valence-corrected chi connectivity index (χ2v) is 12.7. The van der Waals surface area contributed by atoms with Gasteiger partial charge in [-0.25, -0.2) is 4.98 Å². The number of anilines is 3. The average Bonchev–Trinajstić information content (AvgIpc) is 3.88. The topological polar surface area (TPSA) is 120 Å². The van der Waals surface area contributed by atoms with E-state index < -0.39 is 29.1 Å². The van der Waals surface area contributed by atoms with E-state index in [2.05, 4.69) is 30.8 Å². The van der Waals surface area contributed by atoms with E-state index in [1.165, 1.54) is 0 Å². The van der Waals surface area contributed by atoms with Gasteiger partial charge in [0.1, 0.15) is 11.4 Å². The predicted octanol–water partition coefficient (Wildman–Crippen LogP) is 5.33. The highest BCUT2D eigenvalue weighted by atomic mass is 19.4. The highest BCUT2D eigenvalue weighted by Crippen LogP contribution is 2.57. The van der Waals surface area contributed by atoms with E-state index >= 15 is 0 Å². The van der Waals surface area contributed by atoms with Crippen molar-refractivity contribution in [1.82, 2.24) is 25.1 Å². The Morgan fingerprint density at radius 2 is 1.57 bits per heavy atom. The Bertz CT molecular complexity index is 1610. The number of hydrogen-bond acceptors (Lipinski definition) is 8. The number of carbonyl (C=O) groups excluding carboxylic acids is 3. The van der Waals surface area contributed by atoms with Crippen molar-refractivity contribution >= 4 is 35.2 Å². The van der Waals surface area contributed by atoms with E-state index in [9.17, 15) is 27.6 Å². The van der Waals surface area contributed by atoms with Crippen molar-refractivity contribution in [3.8, 4) is 0 Å². The molecule has 1 aliphatic heterocycles. The molecule has 47 heavy (non-hydrogen) atoms. The third kappa shape index (κ3) is 7.24. The molecular formula is C34H38F3N7O3. The number of benzene rings is 2. The molecule has 13 heteroatoms. The molecule has 3 fully saturated rings. The molecule has 2 aliphatic carbocycles. The molecule has 1 saturated heterocycles. The van der Waals surface area contributed by atoms with Crippen LogP contribution in [0.4, 0.5) is 30.6 Å². The Kier molecular flexibility index (Phi) is 9.18. The van der Waals surface area contributed by atoms with Crippen LogP contribution in [0, 0.1) is 11.3 Å². The molecule has 2 saturated carbocycles. The zero-order chi connectivity index (χ0) is 33.2. The maximum atomic E-state index is 14.2. The van der Waals surface area contributed by atoms with Crippen molar-refractivity contribution in [2.45, 2.75) is 50.7 Å². The zero-order valence-electron chi connectivity index (χ0n) is 26.1. The van der Waals surface area contributed by atoms with E-state index in [0.29, 0.717) is 55.6 Å². The first kappa shape index (κ1) is 32.4. The maximum absolute atomic E-state index is 14.2. The van der Waals surface area contributed by atoms with Crippen LogP contribution < -0.4 is 16.0 Å². The van der Waals surface area contributed by atoms with Crippen LogP contribution in [-0.4, -0.2) is 76.8 Å². The molecule has 0 radical (unpaired) electrons. The molecule has 3 amide bonds. The van der Waals surface area contributed by atoms with E-state index in [4.69, 9.17) is 0 Å². The number of halogens is 3. The van der Waals surface area contributed by atoms with Gasteiger partial charge in [-0.2, -0.15) is 18.2 Å². The highest BCUT2D eigenvalue weighted by Gasteiger charge is 2.58. The minimum Gasteiger partial charge on any atom is -0.366 e. The first-order chi connectivity index (χ1) is 22.5. The van der Waals surface area contributed by atoms with E-state index in [1.807, 2.05) is 7.05 Å². The lowest BCUT2D eigenvalue weighted by atomic mass is 9.73. The minimum atomic E-state index is -4.72. The number of likely N-dealkylation sites (N-methyl/N-ethyl adjacent to an activating group) is 1. The van der Waals surface area contributed by atoms with Gasteiger partial charge in [0.05, 0.1) is 5.41 Å². The van der Waals surface area contributed by atoms with Gasteiger partial charge in [0.15, 0.2) is 0 Å². The minimum absolute atomic E-state index is 0.0432. The molecule has 2 heterocycles. The number of nitrogens with one attached hydrogen (secondary N) is 3. The number of alkyl halides is 3. The summed E-state index contributed by atoms with van der Waals surface area (Å²) in [5.74, 6) is -1.65. The fourth-order valence-electron chi connectivity index (χ4n) is 6.71. The quantitative estimate of drug-likeness (QED) is 0.280. The van der Waals surface area contributed by atoms with Gasteiger partial charge in [0.2, 0.25) is 11.9 Å². The first-order valence-corrected chi connectivity index (χ1v) is 16.0. The highest BCUT2D eigenvalue weighted by molar-refractivity contribution is 6.07. The third-order valence-corrected chi connectivity index (χ3v) is 9.57. The lowest BCUT2D eigenvalue weighted by Crippen LogP contribution is -2.47. The van der Waals surface area contributed by atoms with Gasteiger partial charge in [0, 0.05) is 55.2 Å². The SMILES string of the molecule is CN1CCN(C(=O)c2ccc(Nc3ncc(C(F)(F)F)c(N[C@@H]4CCCCC4C4(C(=O)NC(=O)c5ccccc5)CC4)n3)cc2)CC1. The van der Waals surface area contributed by atoms with Gasteiger partial charge in [-0.3, -0.25) is 19.7 Å². The summed E-state index contributed by atoms with van der Waals surface area (Å²) < 4.78 is 42.5. The molecule has 0 bridgehead atoms. The summed E-state index contributed by atoms with van der Waals surface area (Å²) in [6.07, 6.45) is -0.0436. The standard InChI is InChI=1S/C34H38F3N7O3/c1-43-17-19-44(20-18-43)30(46)23-11-13-24(14-12-23)39-32-38-21-26(34(35,36)37)28(41-32)40-27-10-6-5-9-25(27)33(15-16-33)31(47)42-29(45)22-7-3-2-4-8-22/h2-4,7-8,11-14,21,25,27H,5-6,9-10,15-20H2,1H3,(H,42,45,47)(H2,38,39,40,41)/t25?,27-/m1/s1. The zero-order valence-corrected chi connectivity index (χ0v) is 26.1. The molecule has 1 unspecified atom stereocenters. The van der Waals surface area contributed by atoms with Crippen molar-refractivity contribution in [3.05, 3.63) is 77.5 Å². The van der Waals surface area contributed by atoms with Crippen LogP contribution in [0.1, 0.15) is 64.8 Å². The number of nitrogens with zero attached hydrogens (tertiary/aromatic N) is 4. The van der Waals surface area contributed by atoms with Crippen molar-refractivity contribution in [2.24, 2.45) is 11.3 Å². The number of hydrogen-bond donors (Lipinski definition) is 3. The van der Waals surface area contributed by atoms with E-state index in [-0.39, 0.29) is 29.5 Å². The van der Waals surface area contributed by atoms with Crippen molar-refractivity contribution < 1.29 is 27.6 Å². The molecule has 248 valence electrons. The summed E-state index contributed by atoms with van der Waals surface area (Å²) in [6.45, 7) is 2.89. The summed E-state index contributed by atoms with van der Waals surface area (Å²) in [7, 11) is 2.01. The van der Waals surface area contributed by atoms with Gasteiger partial charge in [-0.15, -0.1) is 0 Å². The molecule has 3 N–H and O–H groups in total. The number of rotatable bonds is 8. The molecular weight excluding hydrogens is 611 g/mol. The summed E-state index contributed by atoms with van der Waals surface area (Å²) in [4.78, 5) is 51.3. The summed E-state index contributed by atoms with van der Waals surface area (Å²) >= 11 is 0. The summed E-state index contributed by atoms with van der Waals surface area (Å²) in [5.41, 5.74) is -0.449. The van der Waals surface area contributed by atoms with Gasteiger partial charge < -0.3 is 20.4 Å². The third-order valence-electron chi connectivity index (χ3n) is 9.57. The van der Waals surface area contributed by atoms with Crippen LogP contribution in [0.3, 0.4) is 0 Å². The first-order valence-electron chi connectivity index (χ1n) is 16.0. The Labute approximate surface area is 271 Å². The van der Waals surface area contributed by atoms with Crippen LogP contribution in [0.2, 0.25) is 0 Å². The molecule has 3 aliphatic rings.